The molecule has 4 N–H and O–H groups in total. The summed E-state index contributed by atoms with van der Waals surface area (Å²) in [5.74, 6) is 0.514. The number of nitrogens with two attached hydrogens (primary N) is 1. The van der Waals surface area contributed by atoms with E-state index in [1.807, 2.05) is 13.8 Å². The van der Waals surface area contributed by atoms with Crippen LogP contribution in [0.1, 0.15) is 71.1 Å². The summed E-state index contributed by atoms with van der Waals surface area (Å²) in [6, 6.07) is 2.72. The fourth-order valence-corrected chi connectivity index (χ4v) is 5.18. The van der Waals surface area contributed by atoms with E-state index >= 15 is 0 Å². The zero-order valence-corrected chi connectivity index (χ0v) is 21.2. The molecule has 4 radical (unpaired) electrons. The smallest absolute Gasteiger partial charge is 0.276 e. The maximum atomic E-state index is 14.1. The Labute approximate surface area is 209 Å². The summed E-state index contributed by atoms with van der Waals surface area (Å²) < 4.78 is 1.57. The largest absolute Gasteiger partial charge is 0.405 e. The van der Waals surface area contributed by atoms with Crippen molar-refractivity contribution in [3.05, 3.63) is 40.1 Å². The van der Waals surface area contributed by atoms with Gasteiger partial charge in [-0.2, -0.15) is 0 Å². The first-order valence-electron chi connectivity index (χ1n) is 11.9. The van der Waals surface area contributed by atoms with Gasteiger partial charge in [0.2, 0.25) is 6.41 Å². The molecule has 0 aromatic carbocycles. The Morgan fingerprint density at radius 3 is 2.40 bits per heavy atom. The fraction of sp³-hybridized carbons (Fsp3) is 0.583. The Balaban J connectivity index is 2.31. The van der Waals surface area contributed by atoms with Crippen LogP contribution in [0.5, 0.6) is 0 Å². The van der Waals surface area contributed by atoms with Crippen LogP contribution in [0.2, 0.25) is 0 Å². The molecule has 35 heavy (non-hydrogen) atoms. The van der Waals surface area contributed by atoms with Crippen LogP contribution in [0.3, 0.4) is 0 Å². The predicted octanol–water partition coefficient (Wildman–Crippen LogP) is 2.22. The zero-order valence-electron chi connectivity index (χ0n) is 21.2. The molecular weight excluding hydrogens is 442 g/mol. The van der Waals surface area contributed by atoms with E-state index in [-0.39, 0.29) is 34.1 Å². The van der Waals surface area contributed by atoms with Crippen molar-refractivity contribution in [2.45, 2.75) is 83.8 Å². The number of pyridine rings is 1. The van der Waals surface area contributed by atoms with Crippen molar-refractivity contribution >= 4 is 39.4 Å². The number of nitrogen functional groups attached to an aromatic ring is 1. The topological polar surface area (TPSA) is 126 Å². The summed E-state index contributed by atoms with van der Waals surface area (Å²) in [6.07, 6.45) is 5.82. The van der Waals surface area contributed by atoms with E-state index in [0.717, 1.165) is 25.7 Å². The number of hydrogen-bond donors (Lipinski definition) is 3. The second-order valence-corrected chi connectivity index (χ2v) is 10.2. The van der Waals surface area contributed by atoms with Gasteiger partial charge in [0.1, 0.15) is 45.0 Å². The van der Waals surface area contributed by atoms with Gasteiger partial charge in [-0.15, -0.1) is 0 Å². The minimum atomic E-state index is -2.22. The molecule has 11 heteroatoms. The van der Waals surface area contributed by atoms with Gasteiger partial charge in [0.05, 0.1) is 0 Å². The maximum absolute atomic E-state index is 14.1. The molecule has 1 saturated carbocycles. The van der Waals surface area contributed by atoms with E-state index in [0.29, 0.717) is 24.4 Å². The number of rotatable bonds is 8. The third-order valence-electron chi connectivity index (χ3n) is 7.51. The monoisotopic (exact) mass is 476 g/mol. The van der Waals surface area contributed by atoms with Gasteiger partial charge in [-0.05, 0) is 63.5 Å². The number of hydrogen-bond acceptors (Lipinski definition) is 7. The minimum absolute atomic E-state index is 0.0934. The molecule has 0 bridgehead atoms. The van der Waals surface area contributed by atoms with E-state index in [2.05, 4.69) is 29.1 Å². The summed E-state index contributed by atoms with van der Waals surface area (Å²) in [5.41, 5.74) is 5.16. The molecule has 0 atom stereocenters. The lowest BCUT2D eigenvalue weighted by molar-refractivity contribution is -0.138. The number of aromatic nitrogens is 3. The highest BCUT2D eigenvalue weighted by Crippen LogP contribution is 2.48. The normalized spacial score (nSPS) is 22.7. The van der Waals surface area contributed by atoms with Crippen LogP contribution < -0.4 is 16.6 Å². The molecule has 0 saturated heterocycles. The second-order valence-electron chi connectivity index (χ2n) is 10.2. The number of anilines is 3. The molecule has 2 aromatic heterocycles. The molecule has 1 aliphatic rings. The molecule has 2 heterocycles. The van der Waals surface area contributed by atoms with Crippen molar-refractivity contribution in [2.75, 3.05) is 11.1 Å². The van der Waals surface area contributed by atoms with Gasteiger partial charge in [0.25, 0.3) is 5.56 Å². The van der Waals surface area contributed by atoms with Gasteiger partial charge >= 0.3 is 0 Å². The number of nitrogens with one attached hydrogen (secondary N) is 1. The van der Waals surface area contributed by atoms with Crippen molar-refractivity contribution in [1.82, 2.24) is 19.4 Å². The minimum Gasteiger partial charge on any atom is -0.405 e. The van der Waals surface area contributed by atoms with Crippen LogP contribution in [0, 0.1) is 12.3 Å². The van der Waals surface area contributed by atoms with E-state index in [9.17, 15) is 14.7 Å². The van der Waals surface area contributed by atoms with Crippen LogP contribution in [-0.2, 0) is 15.9 Å². The lowest BCUT2D eigenvalue weighted by Gasteiger charge is -2.52. The highest BCUT2D eigenvalue weighted by molar-refractivity contribution is 6.38. The first kappa shape index (κ1) is 26.8. The molecule has 184 valence electrons. The Bertz CT molecular complexity index is 1140. The summed E-state index contributed by atoms with van der Waals surface area (Å²) in [4.78, 5) is 36.2. The SMILES string of the molecule is [B]C([B])(O)c1cc(Nc2cc(N)ncn2)c(=O)n(C2(N(C=O)C(C)C)CCC(C)(CC)CC2)c1C. The molecule has 1 fully saturated rings. The summed E-state index contributed by atoms with van der Waals surface area (Å²) in [6.45, 7) is 9.91. The quantitative estimate of drug-likeness (QED) is 0.394. The van der Waals surface area contributed by atoms with E-state index in [1.54, 1.807) is 16.4 Å². The summed E-state index contributed by atoms with van der Waals surface area (Å²) in [7, 11) is 11.9. The van der Waals surface area contributed by atoms with Gasteiger partial charge in [-0.25, -0.2) is 9.97 Å². The maximum Gasteiger partial charge on any atom is 0.276 e. The lowest BCUT2D eigenvalue weighted by Crippen LogP contribution is -2.59. The van der Waals surface area contributed by atoms with Crippen LogP contribution in [-0.4, -0.2) is 52.7 Å². The fourth-order valence-electron chi connectivity index (χ4n) is 5.18. The molecule has 3 rings (SSSR count). The van der Waals surface area contributed by atoms with Crippen molar-refractivity contribution in [1.29, 1.82) is 0 Å². The lowest BCUT2D eigenvalue weighted by atomic mass is 9.61. The average molecular weight is 476 g/mol. The van der Waals surface area contributed by atoms with Crippen LogP contribution >= 0.6 is 0 Å². The van der Waals surface area contributed by atoms with Crippen LogP contribution in [0.25, 0.3) is 0 Å². The van der Waals surface area contributed by atoms with Crippen molar-refractivity contribution < 1.29 is 9.90 Å². The second kappa shape index (κ2) is 9.68. The van der Waals surface area contributed by atoms with Gasteiger partial charge in [-0.3, -0.25) is 14.2 Å². The Kier molecular flexibility index (Phi) is 7.41. The molecule has 0 spiro atoms. The molecule has 1 aliphatic carbocycles. The first-order valence-corrected chi connectivity index (χ1v) is 11.9. The third-order valence-corrected chi connectivity index (χ3v) is 7.51. The van der Waals surface area contributed by atoms with E-state index < -0.39 is 11.1 Å². The van der Waals surface area contributed by atoms with Crippen molar-refractivity contribution in [3.8, 4) is 0 Å². The van der Waals surface area contributed by atoms with Gasteiger partial charge in [-0.1, -0.05) is 20.3 Å². The van der Waals surface area contributed by atoms with Gasteiger partial charge in [0, 0.05) is 23.2 Å². The Morgan fingerprint density at radius 2 is 1.91 bits per heavy atom. The summed E-state index contributed by atoms with van der Waals surface area (Å²) >= 11 is 0. The molecule has 0 aliphatic heterocycles. The standard InChI is InChI=1S/C24H34B2N6O3/c1-6-22(5)7-9-23(10-8-22,31(14-33)15(2)3)32-16(4)17(24(25,26)35)11-18(21(32)34)30-20-12-19(27)28-13-29-20/h11-15,35H,6-10H2,1-5H3,(H3,27,28,29,30). The molecule has 9 nitrogen and oxygen atoms in total. The van der Waals surface area contributed by atoms with E-state index in [4.69, 9.17) is 21.4 Å². The Hall–Kier alpha value is -2.81. The van der Waals surface area contributed by atoms with E-state index in [1.165, 1.54) is 18.5 Å². The number of amides is 1. The van der Waals surface area contributed by atoms with Crippen LogP contribution in [0.4, 0.5) is 17.3 Å². The molecular formula is C24H34B2N6O3. The number of carbonyl (C=O) groups excluding carboxylic acids is 1. The predicted molar refractivity (Wildman–Crippen MR) is 138 cm³/mol. The number of carbonyl (C=O) groups is 1. The average Bonchev–Trinajstić information content (AvgIpc) is 2.77. The molecule has 1 amide bonds. The Morgan fingerprint density at radius 1 is 1.29 bits per heavy atom. The molecule has 2 aromatic rings. The zero-order chi connectivity index (χ0) is 26.2. The summed E-state index contributed by atoms with van der Waals surface area (Å²) in [5, 5.41) is 11.4. The first-order chi connectivity index (χ1) is 16.3. The molecule has 0 unspecified atom stereocenters. The number of aliphatic hydroxyl groups is 1. The van der Waals surface area contributed by atoms with Crippen molar-refractivity contribution in [2.24, 2.45) is 5.41 Å². The highest BCUT2D eigenvalue weighted by atomic mass is 16.3. The van der Waals surface area contributed by atoms with Gasteiger partial charge in [0.15, 0.2) is 0 Å². The third kappa shape index (κ3) is 5.10. The van der Waals surface area contributed by atoms with Gasteiger partial charge < -0.3 is 21.1 Å². The van der Waals surface area contributed by atoms with Crippen LogP contribution in [0.15, 0.2) is 23.3 Å². The number of nitrogens with zero attached hydrogens (tertiary/aromatic N) is 4. The highest BCUT2D eigenvalue weighted by Gasteiger charge is 2.47. The van der Waals surface area contributed by atoms with Crippen molar-refractivity contribution in [3.63, 3.8) is 0 Å².